The van der Waals surface area contributed by atoms with Crippen molar-refractivity contribution in [2.45, 2.75) is 78.9 Å². The fourth-order valence-electron chi connectivity index (χ4n) is 4.70. The third-order valence-electron chi connectivity index (χ3n) is 6.39. The van der Waals surface area contributed by atoms with E-state index >= 15 is 0 Å². The summed E-state index contributed by atoms with van der Waals surface area (Å²) in [4.78, 5) is 32.8. The fourth-order valence-corrected chi connectivity index (χ4v) is 5.40. The van der Waals surface area contributed by atoms with Crippen molar-refractivity contribution in [2.75, 3.05) is 10.2 Å². The van der Waals surface area contributed by atoms with Gasteiger partial charge in [0, 0.05) is 17.4 Å². The first kappa shape index (κ1) is 25.9. The second-order valence-corrected chi connectivity index (χ2v) is 10.9. The van der Waals surface area contributed by atoms with Crippen LogP contribution in [0.3, 0.4) is 0 Å². The third-order valence-corrected chi connectivity index (χ3v) is 7.15. The molecule has 6 nitrogen and oxygen atoms in total. The van der Waals surface area contributed by atoms with Crippen molar-refractivity contribution in [2.24, 2.45) is 0 Å². The molecule has 1 aliphatic heterocycles. The predicted molar refractivity (Wildman–Crippen MR) is 147 cm³/mol. The van der Waals surface area contributed by atoms with Crippen molar-refractivity contribution in [1.82, 2.24) is 4.98 Å². The molecule has 0 spiro atoms. The van der Waals surface area contributed by atoms with Crippen molar-refractivity contribution in [3.8, 4) is 11.3 Å². The summed E-state index contributed by atoms with van der Waals surface area (Å²) in [5.41, 5.74) is 6.92. The van der Waals surface area contributed by atoms with Crippen LogP contribution in [0.2, 0.25) is 0 Å². The van der Waals surface area contributed by atoms with Crippen LogP contribution in [0.15, 0.2) is 41.8 Å². The Morgan fingerprint density at radius 2 is 1.75 bits per heavy atom. The zero-order valence-electron chi connectivity index (χ0n) is 22.0. The number of amides is 2. The number of fused-ring (bicyclic) bond motifs is 1. The molecule has 4 rings (SSSR count). The van der Waals surface area contributed by atoms with Crippen LogP contribution >= 0.6 is 11.3 Å². The average molecular weight is 506 g/mol. The normalized spacial score (nSPS) is 15.1. The number of ether oxygens (including phenoxy) is 1. The van der Waals surface area contributed by atoms with Crippen LogP contribution in [0.5, 0.6) is 0 Å². The van der Waals surface area contributed by atoms with Gasteiger partial charge in [-0.25, -0.2) is 9.78 Å². The SMILES string of the molecule is CCc1cc(CC)c(-c2csc(NC(=O)C3Cc4ccccc4N3C(=O)OC(C)(C)C)n2)c(CC)c1. The van der Waals surface area contributed by atoms with Crippen molar-refractivity contribution in [3.63, 3.8) is 0 Å². The van der Waals surface area contributed by atoms with Gasteiger partial charge in [0.2, 0.25) is 5.91 Å². The van der Waals surface area contributed by atoms with Crippen LogP contribution < -0.4 is 10.2 Å². The van der Waals surface area contributed by atoms with Gasteiger partial charge in [-0.3, -0.25) is 9.69 Å². The zero-order chi connectivity index (χ0) is 26.0. The maximum atomic E-state index is 13.4. The molecule has 0 saturated heterocycles. The molecule has 0 fully saturated rings. The van der Waals surface area contributed by atoms with Gasteiger partial charge < -0.3 is 10.1 Å². The van der Waals surface area contributed by atoms with Crippen molar-refractivity contribution < 1.29 is 14.3 Å². The summed E-state index contributed by atoms with van der Waals surface area (Å²) in [6.45, 7) is 12.0. The number of thiazole rings is 1. The number of aromatic nitrogens is 1. The standard InChI is InChI=1S/C29H35N3O3S/c1-7-18-14-19(8-2)25(20(9-3)15-18)22-17-36-27(30-22)31-26(33)24-16-21-12-10-11-13-23(21)32(24)28(34)35-29(4,5)6/h10-15,17,24H,7-9,16H2,1-6H3,(H,30,31,33). The minimum atomic E-state index is -0.703. The molecule has 1 N–H and O–H groups in total. The Hall–Kier alpha value is -3.19. The molecule has 1 aromatic heterocycles. The topological polar surface area (TPSA) is 71.5 Å². The number of benzene rings is 2. The largest absolute Gasteiger partial charge is 0.443 e. The van der Waals surface area contributed by atoms with E-state index in [1.54, 1.807) is 0 Å². The van der Waals surface area contributed by atoms with Crippen LogP contribution in [-0.2, 0) is 35.2 Å². The Kier molecular flexibility index (Phi) is 7.50. The number of carbonyl (C=O) groups excluding carboxylic acids is 2. The minimum absolute atomic E-state index is 0.272. The number of nitrogens with one attached hydrogen (secondary N) is 1. The second-order valence-electron chi connectivity index (χ2n) is 10.1. The predicted octanol–water partition coefficient (Wildman–Crippen LogP) is 6.80. The van der Waals surface area contributed by atoms with Crippen molar-refractivity contribution >= 4 is 34.2 Å². The molecule has 1 atom stereocenters. The summed E-state index contributed by atoms with van der Waals surface area (Å²) in [6, 6.07) is 11.4. The average Bonchev–Trinajstić information content (AvgIpc) is 3.46. The van der Waals surface area contributed by atoms with E-state index in [2.05, 4.69) is 38.2 Å². The molecule has 1 aliphatic rings. The molecule has 3 aromatic rings. The van der Waals surface area contributed by atoms with E-state index < -0.39 is 17.7 Å². The van der Waals surface area contributed by atoms with Gasteiger partial charge in [0.05, 0.1) is 11.4 Å². The van der Waals surface area contributed by atoms with Crippen LogP contribution in [0.25, 0.3) is 11.3 Å². The summed E-state index contributed by atoms with van der Waals surface area (Å²) in [5.74, 6) is -0.272. The lowest BCUT2D eigenvalue weighted by Gasteiger charge is -2.28. The molecule has 0 saturated carbocycles. The molecule has 0 aliphatic carbocycles. The van der Waals surface area contributed by atoms with Crippen LogP contribution in [0.4, 0.5) is 15.6 Å². The number of nitrogens with zero attached hydrogens (tertiary/aromatic N) is 2. The van der Waals surface area contributed by atoms with Gasteiger partial charge in [0.15, 0.2) is 5.13 Å². The number of anilines is 2. The number of aryl methyl sites for hydroxylation is 3. The van der Waals surface area contributed by atoms with Crippen LogP contribution in [0.1, 0.15) is 63.8 Å². The third kappa shape index (κ3) is 5.31. The molecule has 0 radical (unpaired) electrons. The second kappa shape index (κ2) is 10.4. The van der Waals surface area contributed by atoms with Gasteiger partial charge in [-0.1, -0.05) is 51.1 Å². The van der Waals surface area contributed by atoms with E-state index in [0.717, 1.165) is 36.1 Å². The highest BCUT2D eigenvalue weighted by atomic mass is 32.1. The minimum Gasteiger partial charge on any atom is -0.443 e. The van der Waals surface area contributed by atoms with Gasteiger partial charge in [-0.15, -0.1) is 11.3 Å². The van der Waals surface area contributed by atoms with E-state index in [-0.39, 0.29) is 5.91 Å². The first-order valence-corrected chi connectivity index (χ1v) is 13.5. The molecule has 7 heteroatoms. The zero-order valence-corrected chi connectivity index (χ0v) is 22.8. The van der Waals surface area contributed by atoms with Crippen molar-refractivity contribution in [1.29, 1.82) is 0 Å². The maximum absolute atomic E-state index is 13.4. The summed E-state index contributed by atoms with van der Waals surface area (Å²) >= 11 is 1.41. The van der Waals surface area contributed by atoms with Gasteiger partial charge >= 0.3 is 6.09 Å². The van der Waals surface area contributed by atoms with Crippen LogP contribution in [0, 0.1) is 0 Å². The quantitative estimate of drug-likeness (QED) is 0.400. The highest BCUT2D eigenvalue weighted by Gasteiger charge is 2.40. The van der Waals surface area contributed by atoms with E-state index in [9.17, 15) is 9.59 Å². The molecular weight excluding hydrogens is 470 g/mol. The summed E-state index contributed by atoms with van der Waals surface area (Å²) in [6.07, 6.45) is 2.74. The maximum Gasteiger partial charge on any atom is 0.415 e. The lowest BCUT2D eigenvalue weighted by Crippen LogP contribution is -2.47. The van der Waals surface area contributed by atoms with E-state index in [1.807, 2.05) is 50.4 Å². The Bertz CT molecular complexity index is 1250. The molecule has 1 unspecified atom stereocenters. The molecule has 2 heterocycles. The highest BCUT2D eigenvalue weighted by molar-refractivity contribution is 7.14. The van der Waals surface area contributed by atoms with Gasteiger partial charge in [-0.2, -0.15) is 0 Å². The van der Waals surface area contributed by atoms with Crippen LogP contribution in [-0.4, -0.2) is 28.6 Å². The van der Waals surface area contributed by atoms with E-state index in [1.165, 1.54) is 32.9 Å². The van der Waals surface area contributed by atoms with Gasteiger partial charge in [0.1, 0.15) is 11.6 Å². The molecule has 190 valence electrons. The fraction of sp³-hybridized carbons (Fsp3) is 0.414. The summed E-state index contributed by atoms with van der Waals surface area (Å²) in [5, 5.41) is 5.50. The Morgan fingerprint density at radius 1 is 1.08 bits per heavy atom. The first-order valence-electron chi connectivity index (χ1n) is 12.7. The molecular formula is C29H35N3O3S. The summed E-state index contributed by atoms with van der Waals surface area (Å²) in [7, 11) is 0. The summed E-state index contributed by atoms with van der Waals surface area (Å²) < 4.78 is 5.63. The molecule has 0 bridgehead atoms. The molecule has 2 amide bonds. The Morgan fingerprint density at radius 3 is 2.36 bits per heavy atom. The number of carbonyl (C=O) groups is 2. The highest BCUT2D eigenvalue weighted by Crippen LogP contribution is 2.36. The number of hydrogen-bond acceptors (Lipinski definition) is 5. The van der Waals surface area contributed by atoms with Crippen molar-refractivity contribution in [3.05, 3.63) is 64.0 Å². The van der Waals surface area contributed by atoms with Gasteiger partial charge in [-0.05, 0) is 68.4 Å². The number of rotatable bonds is 6. The smallest absolute Gasteiger partial charge is 0.415 e. The lowest BCUT2D eigenvalue weighted by molar-refractivity contribution is -0.117. The lowest BCUT2D eigenvalue weighted by atomic mass is 9.92. The number of para-hydroxylation sites is 1. The Labute approximate surface area is 217 Å². The molecule has 36 heavy (non-hydrogen) atoms. The molecule has 2 aromatic carbocycles. The first-order chi connectivity index (χ1) is 17.1. The Balaban J connectivity index is 1.60. The monoisotopic (exact) mass is 505 g/mol. The van der Waals surface area contributed by atoms with Gasteiger partial charge in [0.25, 0.3) is 0 Å². The van der Waals surface area contributed by atoms with E-state index in [4.69, 9.17) is 9.72 Å². The number of hydrogen-bond donors (Lipinski definition) is 1. The van der Waals surface area contributed by atoms with E-state index in [0.29, 0.717) is 17.2 Å².